The Morgan fingerprint density at radius 3 is 2.86 bits per heavy atom. The van der Waals surface area contributed by atoms with E-state index in [-0.39, 0.29) is 5.91 Å². The Hall–Kier alpha value is -1.76. The maximum atomic E-state index is 11.2. The number of rotatable bonds is 0. The minimum absolute atomic E-state index is 0.00787. The highest BCUT2D eigenvalue weighted by atomic mass is 16.1. The van der Waals surface area contributed by atoms with E-state index in [1.807, 2.05) is 18.4 Å². The van der Waals surface area contributed by atoms with Crippen LogP contribution in [0.25, 0.3) is 0 Å². The monoisotopic (exact) mass is 189 g/mol. The van der Waals surface area contributed by atoms with Gasteiger partial charge in [-0.1, -0.05) is 0 Å². The fourth-order valence-corrected chi connectivity index (χ4v) is 1.82. The van der Waals surface area contributed by atoms with Gasteiger partial charge in [0, 0.05) is 18.7 Å². The average Bonchev–Trinajstić information content (AvgIpc) is 2.39. The third kappa shape index (κ3) is 1.02. The van der Waals surface area contributed by atoms with E-state index in [4.69, 9.17) is 5.26 Å². The quantitative estimate of drug-likeness (QED) is 0.669. The molecule has 2 rings (SSSR count). The minimum Gasteiger partial charge on any atom is -0.330 e. The van der Waals surface area contributed by atoms with Gasteiger partial charge in [-0.25, -0.2) is 0 Å². The molecule has 72 valence electrons. The number of amides is 1. The van der Waals surface area contributed by atoms with Crippen molar-refractivity contribution in [2.24, 2.45) is 0 Å². The predicted molar refractivity (Wildman–Crippen MR) is 51.9 cm³/mol. The molecule has 1 aliphatic rings. The first-order valence-corrected chi connectivity index (χ1v) is 4.54. The van der Waals surface area contributed by atoms with Gasteiger partial charge in [0.25, 0.3) is 0 Å². The normalized spacial score (nSPS) is 14.5. The van der Waals surface area contributed by atoms with Gasteiger partial charge in [0.1, 0.15) is 11.9 Å². The Labute approximate surface area is 82.1 Å². The SMILES string of the molecule is Cc1c(C#N)c2n(c1C)CCC(=O)N2. The summed E-state index contributed by atoms with van der Waals surface area (Å²) < 4.78 is 2.00. The molecule has 0 bridgehead atoms. The largest absolute Gasteiger partial charge is 0.330 e. The molecule has 4 nitrogen and oxygen atoms in total. The lowest BCUT2D eigenvalue weighted by Crippen LogP contribution is -2.23. The van der Waals surface area contributed by atoms with Gasteiger partial charge in [0.05, 0.1) is 5.56 Å². The molecule has 0 radical (unpaired) electrons. The van der Waals surface area contributed by atoms with Crippen molar-refractivity contribution in [3.05, 3.63) is 16.8 Å². The van der Waals surface area contributed by atoms with Crippen LogP contribution in [0.5, 0.6) is 0 Å². The topological polar surface area (TPSA) is 57.8 Å². The number of nitriles is 1. The van der Waals surface area contributed by atoms with Crippen molar-refractivity contribution < 1.29 is 4.79 Å². The number of anilines is 1. The van der Waals surface area contributed by atoms with Gasteiger partial charge in [-0.2, -0.15) is 5.26 Å². The molecule has 14 heavy (non-hydrogen) atoms. The van der Waals surface area contributed by atoms with Crippen LogP contribution in [0.15, 0.2) is 0 Å². The van der Waals surface area contributed by atoms with Gasteiger partial charge < -0.3 is 9.88 Å². The summed E-state index contributed by atoms with van der Waals surface area (Å²) in [6.07, 6.45) is 0.493. The molecule has 0 atom stereocenters. The summed E-state index contributed by atoms with van der Waals surface area (Å²) >= 11 is 0. The van der Waals surface area contributed by atoms with Crippen molar-refractivity contribution >= 4 is 11.7 Å². The van der Waals surface area contributed by atoms with Crippen molar-refractivity contribution in [3.63, 3.8) is 0 Å². The molecule has 1 amide bonds. The van der Waals surface area contributed by atoms with Crippen LogP contribution in [-0.4, -0.2) is 10.5 Å². The summed E-state index contributed by atoms with van der Waals surface area (Å²) in [5.74, 6) is 0.658. The average molecular weight is 189 g/mol. The summed E-state index contributed by atoms with van der Waals surface area (Å²) in [5.41, 5.74) is 2.62. The molecule has 4 heteroatoms. The van der Waals surface area contributed by atoms with Gasteiger partial charge in [-0.05, 0) is 19.4 Å². The number of nitrogens with zero attached hydrogens (tertiary/aromatic N) is 2. The highest BCUT2D eigenvalue weighted by Crippen LogP contribution is 2.28. The third-order valence-corrected chi connectivity index (χ3v) is 2.76. The summed E-state index contributed by atoms with van der Waals surface area (Å²) in [6, 6.07) is 2.13. The smallest absolute Gasteiger partial charge is 0.227 e. The fourth-order valence-electron chi connectivity index (χ4n) is 1.82. The number of aromatic nitrogens is 1. The van der Waals surface area contributed by atoms with E-state index in [0.717, 1.165) is 11.3 Å². The van der Waals surface area contributed by atoms with Crippen molar-refractivity contribution in [2.45, 2.75) is 26.8 Å². The zero-order valence-electron chi connectivity index (χ0n) is 8.22. The van der Waals surface area contributed by atoms with E-state index in [1.54, 1.807) is 0 Å². The molecule has 0 saturated carbocycles. The van der Waals surface area contributed by atoms with Crippen LogP contribution in [0.2, 0.25) is 0 Å². The Kier molecular flexibility index (Phi) is 1.81. The second-order valence-corrected chi connectivity index (χ2v) is 3.50. The Morgan fingerprint density at radius 2 is 2.21 bits per heavy atom. The van der Waals surface area contributed by atoms with Crippen LogP contribution in [0.4, 0.5) is 5.82 Å². The standard InChI is InChI=1S/C10H11N3O/c1-6-7(2)13-4-3-9(14)12-10(13)8(6)5-11/h3-4H2,1-2H3,(H,12,14). The lowest BCUT2D eigenvalue weighted by Gasteiger charge is -2.17. The summed E-state index contributed by atoms with van der Waals surface area (Å²) in [6.45, 7) is 4.55. The maximum Gasteiger partial charge on any atom is 0.227 e. The lowest BCUT2D eigenvalue weighted by molar-refractivity contribution is -0.116. The van der Waals surface area contributed by atoms with Crippen LogP contribution < -0.4 is 5.32 Å². The summed E-state index contributed by atoms with van der Waals surface area (Å²) in [4.78, 5) is 11.2. The van der Waals surface area contributed by atoms with Gasteiger partial charge in [-0.15, -0.1) is 0 Å². The molecule has 0 aromatic carbocycles. The Morgan fingerprint density at radius 1 is 1.50 bits per heavy atom. The number of hydrogen-bond donors (Lipinski definition) is 1. The highest BCUT2D eigenvalue weighted by molar-refractivity contribution is 5.93. The van der Waals surface area contributed by atoms with Crippen molar-refractivity contribution in [1.29, 1.82) is 5.26 Å². The second kappa shape index (κ2) is 2.88. The molecule has 0 unspecified atom stereocenters. The number of fused-ring (bicyclic) bond motifs is 1. The first-order valence-electron chi connectivity index (χ1n) is 4.54. The molecule has 0 spiro atoms. The highest BCUT2D eigenvalue weighted by Gasteiger charge is 2.22. The van der Waals surface area contributed by atoms with E-state index in [0.29, 0.717) is 24.3 Å². The first kappa shape index (κ1) is 8.82. The second-order valence-electron chi connectivity index (χ2n) is 3.50. The number of nitrogens with one attached hydrogen (secondary N) is 1. The van der Waals surface area contributed by atoms with Gasteiger partial charge in [0.15, 0.2) is 0 Å². The van der Waals surface area contributed by atoms with Crippen molar-refractivity contribution in [3.8, 4) is 6.07 Å². The van der Waals surface area contributed by atoms with Crippen LogP contribution in [0, 0.1) is 25.2 Å². The molecule has 1 aliphatic heterocycles. The molecule has 1 aromatic heterocycles. The molecular weight excluding hydrogens is 178 g/mol. The van der Waals surface area contributed by atoms with E-state index in [2.05, 4.69) is 11.4 Å². The first-order chi connectivity index (χ1) is 6.65. The van der Waals surface area contributed by atoms with Crippen molar-refractivity contribution in [1.82, 2.24) is 4.57 Å². The molecule has 0 saturated heterocycles. The molecule has 1 aromatic rings. The third-order valence-electron chi connectivity index (χ3n) is 2.76. The van der Waals surface area contributed by atoms with E-state index >= 15 is 0 Å². The van der Waals surface area contributed by atoms with E-state index < -0.39 is 0 Å². The maximum absolute atomic E-state index is 11.2. The van der Waals surface area contributed by atoms with Crippen LogP contribution in [0.1, 0.15) is 23.2 Å². The summed E-state index contributed by atoms with van der Waals surface area (Å²) in [7, 11) is 0. The minimum atomic E-state index is -0.00787. The fraction of sp³-hybridized carbons (Fsp3) is 0.400. The van der Waals surface area contributed by atoms with Crippen LogP contribution >= 0.6 is 0 Å². The van der Waals surface area contributed by atoms with Gasteiger partial charge in [-0.3, -0.25) is 4.79 Å². The van der Waals surface area contributed by atoms with E-state index in [9.17, 15) is 4.79 Å². The molecule has 2 heterocycles. The lowest BCUT2D eigenvalue weighted by atomic mass is 10.2. The van der Waals surface area contributed by atoms with Crippen LogP contribution in [0.3, 0.4) is 0 Å². The predicted octanol–water partition coefficient (Wildman–Crippen LogP) is 1.32. The van der Waals surface area contributed by atoms with Gasteiger partial charge >= 0.3 is 0 Å². The Balaban J connectivity index is 2.65. The molecule has 0 fully saturated rings. The molecule has 1 N–H and O–H groups in total. The number of hydrogen-bond acceptors (Lipinski definition) is 2. The zero-order valence-corrected chi connectivity index (χ0v) is 8.22. The Bertz CT molecular complexity index is 451. The van der Waals surface area contributed by atoms with Gasteiger partial charge in [0.2, 0.25) is 5.91 Å². The number of carbonyl (C=O) groups is 1. The molecular formula is C10H11N3O. The van der Waals surface area contributed by atoms with Crippen molar-refractivity contribution in [2.75, 3.05) is 5.32 Å². The molecule has 0 aliphatic carbocycles. The zero-order chi connectivity index (χ0) is 10.3. The number of carbonyl (C=O) groups excluding carboxylic acids is 1. The van der Waals surface area contributed by atoms with E-state index in [1.165, 1.54) is 0 Å². The summed E-state index contributed by atoms with van der Waals surface area (Å²) in [5, 5.41) is 11.7. The van der Waals surface area contributed by atoms with Crippen LogP contribution in [-0.2, 0) is 11.3 Å².